The highest BCUT2D eigenvalue weighted by molar-refractivity contribution is 6.16. The minimum absolute atomic E-state index is 0.0849. The Labute approximate surface area is 228 Å². The van der Waals surface area contributed by atoms with E-state index in [2.05, 4.69) is 118 Å². The first-order valence-electron chi connectivity index (χ1n) is 14.9. The predicted octanol–water partition coefficient (Wildman–Crippen LogP) is 9.30. The first-order valence-corrected chi connectivity index (χ1v) is 14.9. The molecule has 196 valence electrons. The van der Waals surface area contributed by atoms with Crippen LogP contribution >= 0.6 is 0 Å². The Morgan fingerprint density at radius 1 is 0.816 bits per heavy atom. The Hall–Kier alpha value is -3.13. The first kappa shape index (κ1) is 25.2. The van der Waals surface area contributed by atoms with E-state index in [1.54, 1.807) is 0 Å². The summed E-state index contributed by atoms with van der Waals surface area (Å²) in [4.78, 5) is 0. The number of aryl methyl sites for hydroxylation is 1. The zero-order valence-electron chi connectivity index (χ0n) is 24.2. The van der Waals surface area contributed by atoms with Crippen molar-refractivity contribution in [1.29, 1.82) is 0 Å². The average molecular weight is 504 g/mol. The number of hydrogen-bond donors (Lipinski definition) is 0. The standard InChI is InChI=1S/C36H43N2/c1-7-10-11-13-25-16-21-30-31(22-25)29-15-12-14-27-23-36(8-2,9-3)37-24-32(34(30)38(37)33(27)29)26-17-19-28(20-18-26)35(4,5)6/h12,14-22,24H,7-11,13,23H2,1-6H3/q+1. The number of rotatable bonds is 7. The van der Waals surface area contributed by atoms with Crippen LogP contribution in [-0.2, 0) is 23.8 Å². The van der Waals surface area contributed by atoms with Gasteiger partial charge in [0.2, 0.25) is 6.20 Å². The Morgan fingerprint density at radius 2 is 1.55 bits per heavy atom. The molecule has 3 heterocycles. The molecule has 1 aliphatic rings. The number of nitrogens with zero attached hydrogens (tertiary/aromatic N) is 2. The van der Waals surface area contributed by atoms with Gasteiger partial charge in [-0.2, -0.15) is 0 Å². The van der Waals surface area contributed by atoms with Crippen LogP contribution in [0.3, 0.4) is 0 Å². The summed E-state index contributed by atoms with van der Waals surface area (Å²) in [5.41, 5.74) is 9.97. The fourth-order valence-electron chi connectivity index (χ4n) is 6.87. The van der Waals surface area contributed by atoms with Gasteiger partial charge in [0.15, 0.2) is 5.54 Å². The molecule has 0 amide bonds. The quantitative estimate of drug-likeness (QED) is 0.119. The van der Waals surface area contributed by atoms with Gasteiger partial charge in [-0.1, -0.05) is 115 Å². The van der Waals surface area contributed by atoms with Gasteiger partial charge in [-0.25, -0.2) is 0 Å². The number of para-hydroxylation sites is 1. The van der Waals surface area contributed by atoms with E-state index in [9.17, 15) is 0 Å². The summed E-state index contributed by atoms with van der Waals surface area (Å²) < 4.78 is 5.20. The summed E-state index contributed by atoms with van der Waals surface area (Å²) in [6, 6.07) is 23.7. The molecule has 2 heteroatoms. The van der Waals surface area contributed by atoms with Crippen LogP contribution in [0.4, 0.5) is 0 Å². The third-order valence-corrected chi connectivity index (χ3v) is 9.35. The molecule has 38 heavy (non-hydrogen) atoms. The lowest BCUT2D eigenvalue weighted by molar-refractivity contribution is -0.822. The maximum Gasteiger partial charge on any atom is 0.205 e. The molecule has 2 nitrogen and oxygen atoms in total. The summed E-state index contributed by atoms with van der Waals surface area (Å²) in [5, 5.41) is 4.16. The normalized spacial score (nSPS) is 14.8. The number of aromatic nitrogens is 2. The van der Waals surface area contributed by atoms with Gasteiger partial charge in [0.25, 0.3) is 0 Å². The SMILES string of the molecule is CCCCCc1ccc2c(c1)c1cccc3c1n1c2c(-c2ccc(C(C)(C)C)cc2)c[n+]1C(CC)(CC)C3. The molecule has 0 saturated heterocycles. The predicted molar refractivity (Wildman–Crippen MR) is 162 cm³/mol. The summed E-state index contributed by atoms with van der Waals surface area (Å²) in [6.45, 7) is 13.9. The van der Waals surface area contributed by atoms with Crippen molar-refractivity contribution in [3.63, 3.8) is 0 Å². The van der Waals surface area contributed by atoms with E-state index in [1.165, 1.54) is 74.3 Å². The Kier molecular flexibility index (Phi) is 6.13. The van der Waals surface area contributed by atoms with E-state index < -0.39 is 0 Å². The van der Waals surface area contributed by atoms with Crippen LogP contribution in [0, 0.1) is 0 Å². The van der Waals surface area contributed by atoms with Crippen LogP contribution in [0.15, 0.2) is 66.9 Å². The van der Waals surface area contributed by atoms with Crippen LogP contribution < -0.4 is 4.68 Å². The van der Waals surface area contributed by atoms with E-state index >= 15 is 0 Å². The van der Waals surface area contributed by atoms with E-state index in [4.69, 9.17) is 0 Å². The molecule has 0 aliphatic carbocycles. The monoisotopic (exact) mass is 503 g/mol. The second-order valence-electron chi connectivity index (χ2n) is 12.6. The van der Waals surface area contributed by atoms with E-state index in [0.717, 1.165) is 25.7 Å². The van der Waals surface area contributed by atoms with Crippen LogP contribution in [0.25, 0.3) is 38.3 Å². The molecule has 0 atom stereocenters. The van der Waals surface area contributed by atoms with Crippen molar-refractivity contribution in [3.8, 4) is 11.1 Å². The van der Waals surface area contributed by atoms with E-state index in [0.29, 0.717) is 0 Å². The summed E-state index contributed by atoms with van der Waals surface area (Å²) in [7, 11) is 0. The molecule has 5 aromatic rings. The van der Waals surface area contributed by atoms with Crippen molar-refractivity contribution in [3.05, 3.63) is 83.6 Å². The third kappa shape index (κ3) is 3.79. The van der Waals surface area contributed by atoms with Gasteiger partial charge in [-0.05, 0) is 45.9 Å². The molecule has 0 radical (unpaired) electrons. The zero-order valence-corrected chi connectivity index (χ0v) is 24.2. The fraction of sp³-hybridized carbons (Fsp3) is 0.417. The highest BCUT2D eigenvalue weighted by atomic mass is 15.4. The topological polar surface area (TPSA) is 8.29 Å². The molecule has 0 saturated carbocycles. The Balaban J connectivity index is 1.70. The highest BCUT2D eigenvalue weighted by Crippen LogP contribution is 2.41. The number of hydrogen-bond acceptors (Lipinski definition) is 0. The molecule has 2 aromatic heterocycles. The smallest absolute Gasteiger partial charge is 0.118 e. The van der Waals surface area contributed by atoms with Gasteiger partial charge >= 0.3 is 0 Å². The highest BCUT2D eigenvalue weighted by Gasteiger charge is 2.45. The molecule has 0 bridgehead atoms. The lowest BCUT2D eigenvalue weighted by Crippen LogP contribution is -2.62. The van der Waals surface area contributed by atoms with Crippen LogP contribution in [0.5, 0.6) is 0 Å². The molecule has 1 aliphatic heterocycles. The van der Waals surface area contributed by atoms with Gasteiger partial charge in [0, 0.05) is 30.0 Å². The van der Waals surface area contributed by atoms with Crippen molar-refractivity contribution >= 4 is 27.2 Å². The van der Waals surface area contributed by atoms with Gasteiger partial charge in [-0.3, -0.25) is 0 Å². The van der Waals surface area contributed by atoms with Gasteiger partial charge in [0.1, 0.15) is 11.0 Å². The van der Waals surface area contributed by atoms with Crippen LogP contribution in [-0.4, -0.2) is 4.52 Å². The number of pyridine rings is 1. The number of unbranched alkanes of at least 4 members (excludes halogenated alkanes) is 2. The molecule has 3 aromatic carbocycles. The lowest BCUT2D eigenvalue weighted by Gasteiger charge is -2.30. The molecule has 0 N–H and O–H groups in total. The van der Waals surface area contributed by atoms with E-state index in [1.807, 2.05) is 0 Å². The third-order valence-electron chi connectivity index (χ3n) is 9.35. The minimum atomic E-state index is 0.0849. The maximum absolute atomic E-state index is 2.61. The first-order chi connectivity index (χ1) is 18.3. The number of benzene rings is 3. The maximum atomic E-state index is 2.61. The fourth-order valence-corrected chi connectivity index (χ4v) is 6.87. The van der Waals surface area contributed by atoms with Gasteiger partial charge in [-0.15, -0.1) is 9.20 Å². The molecular formula is C36H43N2+. The van der Waals surface area contributed by atoms with Crippen LogP contribution in [0.2, 0.25) is 0 Å². The van der Waals surface area contributed by atoms with E-state index in [-0.39, 0.29) is 11.0 Å². The van der Waals surface area contributed by atoms with Gasteiger partial charge in [0.05, 0.1) is 5.56 Å². The molecule has 6 rings (SSSR count). The second-order valence-corrected chi connectivity index (χ2v) is 12.6. The molecule has 0 fully saturated rings. The Morgan fingerprint density at radius 3 is 2.24 bits per heavy atom. The van der Waals surface area contributed by atoms with Crippen molar-refractivity contribution in [2.45, 2.75) is 97.4 Å². The van der Waals surface area contributed by atoms with Crippen molar-refractivity contribution < 1.29 is 4.68 Å². The van der Waals surface area contributed by atoms with Gasteiger partial charge < -0.3 is 0 Å². The minimum Gasteiger partial charge on any atom is -0.118 e. The summed E-state index contributed by atoms with van der Waals surface area (Å²) in [6.07, 6.45) is 10.8. The van der Waals surface area contributed by atoms with Crippen molar-refractivity contribution in [2.75, 3.05) is 0 Å². The average Bonchev–Trinajstić information content (AvgIpc) is 3.34. The molecular weight excluding hydrogens is 460 g/mol. The summed E-state index contributed by atoms with van der Waals surface area (Å²) >= 11 is 0. The largest absolute Gasteiger partial charge is 0.205 e. The summed E-state index contributed by atoms with van der Waals surface area (Å²) in [5.74, 6) is 0. The zero-order chi connectivity index (χ0) is 26.7. The number of fused-ring (bicyclic) bond motifs is 3. The van der Waals surface area contributed by atoms with Crippen molar-refractivity contribution in [1.82, 2.24) is 4.52 Å². The lowest BCUT2D eigenvalue weighted by atomic mass is 9.83. The molecule has 0 spiro atoms. The Bertz CT molecular complexity index is 1640. The van der Waals surface area contributed by atoms with Crippen molar-refractivity contribution in [2.24, 2.45) is 0 Å². The van der Waals surface area contributed by atoms with Crippen LogP contribution in [0.1, 0.15) is 90.3 Å². The molecule has 0 unspecified atom stereocenters. The second kappa shape index (κ2) is 9.26.